The van der Waals surface area contributed by atoms with E-state index in [1.54, 1.807) is 12.1 Å². The molecule has 0 spiro atoms. The van der Waals surface area contributed by atoms with E-state index in [1.165, 1.54) is 6.07 Å². The molecule has 0 aliphatic heterocycles. The van der Waals surface area contributed by atoms with E-state index >= 15 is 0 Å². The van der Waals surface area contributed by atoms with Crippen LogP contribution in [0.3, 0.4) is 0 Å². The van der Waals surface area contributed by atoms with E-state index in [1.807, 2.05) is 6.92 Å². The third-order valence-corrected chi connectivity index (χ3v) is 2.93. The second-order valence-electron chi connectivity index (χ2n) is 3.70. The number of halogens is 2. The molecule has 0 heterocycles. The first kappa shape index (κ1) is 13.6. The summed E-state index contributed by atoms with van der Waals surface area (Å²) in [6, 6.07) is 5.05. The van der Waals surface area contributed by atoms with Gasteiger partial charge in [0.15, 0.2) is 0 Å². The molecule has 2 N–H and O–H groups in total. The fraction of sp³-hybridized carbons (Fsp3) is 0.500. The molecule has 0 saturated heterocycles. The van der Waals surface area contributed by atoms with Crippen LogP contribution >= 0.6 is 15.9 Å². The lowest BCUT2D eigenvalue weighted by molar-refractivity contribution is 0.140. The van der Waals surface area contributed by atoms with Crippen molar-refractivity contribution in [3.05, 3.63) is 34.1 Å². The van der Waals surface area contributed by atoms with Crippen LogP contribution in [0.2, 0.25) is 0 Å². The molecule has 0 aliphatic rings. The van der Waals surface area contributed by atoms with Crippen molar-refractivity contribution in [3.8, 4) is 0 Å². The highest BCUT2D eigenvalue weighted by Gasteiger charge is 2.06. The van der Waals surface area contributed by atoms with Crippen LogP contribution in [0.5, 0.6) is 0 Å². The van der Waals surface area contributed by atoms with E-state index < -0.39 is 0 Å². The monoisotopic (exact) mass is 289 g/mol. The minimum absolute atomic E-state index is 0.0592. The van der Waals surface area contributed by atoms with Crippen molar-refractivity contribution in [3.63, 3.8) is 0 Å². The van der Waals surface area contributed by atoms with Crippen molar-refractivity contribution < 1.29 is 9.13 Å². The van der Waals surface area contributed by atoms with Crippen LogP contribution in [0.25, 0.3) is 0 Å². The predicted molar refractivity (Wildman–Crippen MR) is 66.9 cm³/mol. The Balaban J connectivity index is 2.43. The largest absolute Gasteiger partial charge is 0.382 e. The smallest absolute Gasteiger partial charge is 0.137 e. The summed E-state index contributed by atoms with van der Waals surface area (Å²) in [5, 5.41) is 0. The third-order valence-electron chi connectivity index (χ3n) is 2.32. The second-order valence-corrected chi connectivity index (χ2v) is 4.55. The Morgan fingerprint density at radius 1 is 1.50 bits per heavy atom. The first-order valence-corrected chi connectivity index (χ1v) is 6.20. The molecule has 0 amide bonds. The Morgan fingerprint density at radius 2 is 2.25 bits per heavy atom. The van der Waals surface area contributed by atoms with Gasteiger partial charge in [-0.15, -0.1) is 0 Å². The van der Waals surface area contributed by atoms with Crippen LogP contribution in [0.1, 0.15) is 18.9 Å². The minimum Gasteiger partial charge on any atom is -0.382 e. The van der Waals surface area contributed by atoms with Crippen molar-refractivity contribution in [1.29, 1.82) is 0 Å². The molecule has 1 atom stereocenters. The Labute approximate surface area is 104 Å². The van der Waals surface area contributed by atoms with Gasteiger partial charge in [-0.05, 0) is 53.4 Å². The summed E-state index contributed by atoms with van der Waals surface area (Å²) in [6.45, 7) is 3.36. The number of hydrogen-bond donors (Lipinski definition) is 1. The Bertz CT molecular complexity index is 333. The molecule has 0 bridgehead atoms. The summed E-state index contributed by atoms with van der Waals surface area (Å²) in [6.07, 6.45) is 1.56. The average molecular weight is 290 g/mol. The predicted octanol–water partition coefficient (Wildman–Crippen LogP) is 2.88. The van der Waals surface area contributed by atoms with E-state index in [-0.39, 0.29) is 11.9 Å². The number of rotatable bonds is 6. The molecule has 2 nitrogen and oxygen atoms in total. The molecule has 4 heteroatoms. The van der Waals surface area contributed by atoms with Crippen molar-refractivity contribution in [2.75, 3.05) is 13.2 Å². The van der Waals surface area contributed by atoms with Gasteiger partial charge in [-0.1, -0.05) is 6.07 Å². The lowest BCUT2D eigenvalue weighted by Crippen LogP contribution is -2.24. The van der Waals surface area contributed by atoms with Crippen molar-refractivity contribution in [2.24, 2.45) is 5.73 Å². The summed E-state index contributed by atoms with van der Waals surface area (Å²) >= 11 is 3.16. The Hall–Kier alpha value is -0.450. The number of hydrogen-bond acceptors (Lipinski definition) is 2. The lowest BCUT2D eigenvalue weighted by Gasteiger charge is -2.11. The molecule has 1 rings (SSSR count). The lowest BCUT2D eigenvalue weighted by atomic mass is 10.0. The molecular formula is C12H17BrFNO. The minimum atomic E-state index is -0.244. The molecule has 0 fully saturated rings. The molecule has 0 aliphatic carbocycles. The van der Waals surface area contributed by atoms with Gasteiger partial charge in [0, 0.05) is 19.3 Å². The van der Waals surface area contributed by atoms with E-state index in [4.69, 9.17) is 10.5 Å². The molecule has 1 aromatic carbocycles. The van der Waals surface area contributed by atoms with Gasteiger partial charge in [0.2, 0.25) is 0 Å². The van der Waals surface area contributed by atoms with Gasteiger partial charge in [0.05, 0.1) is 4.47 Å². The summed E-state index contributed by atoms with van der Waals surface area (Å²) in [5.41, 5.74) is 6.98. The fourth-order valence-electron chi connectivity index (χ4n) is 1.45. The first-order chi connectivity index (χ1) is 7.63. The third kappa shape index (κ3) is 4.60. The van der Waals surface area contributed by atoms with Gasteiger partial charge in [-0.3, -0.25) is 0 Å². The zero-order chi connectivity index (χ0) is 12.0. The quantitative estimate of drug-likeness (QED) is 0.818. The van der Waals surface area contributed by atoms with Gasteiger partial charge >= 0.3 is 0 Å². The van der Waals surface area contributed by atoms with Crippen LogP contribution in [-0.4, -0.2) is 19.3 Å². The number of benzene rings is 1. The maximum Gasteiger partial charge on any atom is 0.137 e. The van der Waals surface area contributed by atoms with Gasteiger partial charge < -0.3 is 10.5 Å². The highest BCUT2D eigenvalue weighted by atomic mass is 79.9. The van der Waals surface area contributed by atoms with E-state index in [2.05, 4.69) is 15.9 Å². The van der Waals surface area contributed by atoms with Crippen molar-refractivity contribution in [1.82, 2.24) is 0 Å². The van der Waals surface area contributed by atoms with E-state index in [0.29, 0.717) is 11.1 Å². The maximum absolute atomic E-state index is 13.0. The molecule has 16 heavy (non-hydrogen) atoms. The maximum atomic E-state index is 13.0. The number of nitrogens with two attached hydrogens (primary N) is 1. The summed E-state index contributed by atoms with van der Waals surface area (Å²) in [5.74, 6) is -0.244. The van der Waals surface area contributed by atoms with Gasteiger partial charge in [-0.2, -0.15) is 0 Å². The fourth-order valence-corrected chi connectivity index (χ4v) is 1.88. The molecule has 1 aromatic rings. The van der Waals surface area contributed by atoms with E-state index in [0.717, 1.165) is 25.0 Å². The zero-order valence-corrected chi connectivity index (χ0v) is 11.0. The van der Waals surface area contributed by atoms with Gasteiger partial charge in [0.1, 0.15) is 5.82 Å². The van der Waals surface area contributed by atoms with E-state index in [9.17, 15) is 4.39 Å². The normalized spacial score (nSPS) is 12.8. The van der Waals surface area contributed by atoms with Gasteiger partial charge in [0.25, 0.3) is 0 Å². The standard InChI is InChI=1S/C12H17BrFNO/c1-2-16-6-5-10(15)7-9-3-4-12(14)11(13)8-9/h3-4,8,10H,2,5-7,15H2,1H3. The highest BCUT2D eigenvalue weighted by Crippen LogP contribution is 2.17. The van der Waals surface area contributed by atoms with Crippen LogP contribution in [0.15, 0.2) is 22.7 Å². The number of ether oxygens (including phenoxy) is 1. The summed E-state index contributed by atoms with van der Waals surface area (Å²) < 4.78 is 18.7. The molecule has 0 saturated carbocycles. The molecule has 0 radical (unpaired) electrons. The van der Waals surface area contributed by atoms with Crippen LogP contribution in [-0.2, 0) is 11.2 Å². The topological polar surface area (TPSA) is 35.2 Å². The molecule has 1 unspecified atom stereocenters. The average Bonchev–Trinajstić information content (AvgIpc) is 2.24. The zero-order valence-electron chi connectivity index (χ0n) is 9.38. The van der Waals surface area contributed by atoms with Gasteiger partial charge in [-0.25, -0.2) is 4.39 Å². The highest BCUT2D eigenvalue weighted by molar-refractivity contribution is 9.10. The Morgan fingerprint density at radius 3 is 2.88 bits per heavy atom. The van der Waals surface area contributed by atoms with Crippen molar-refractivity contribution >= 4 is 15.9 Å². The molecular weight excluding hydrogens is 273 g/mol. The summed E-state index contributed by atoms with van der Waals surface area (Å²) in [7, 11) is 0. The van der Waals surface area contributed by atoms with Crippen LogP contribution in [0.4, 0.5) is 4.39 Å². The second kappa shape index (κ2) is 6.99. The Kier molecular flexibility index (Phi) is 5.95. The molecule has 90 valence electrons. The molecule has 0 aromatic heterocycles. The summed E-state index contributed by atoms with van der Waals surface area (Å²) in [4.78, 5) is 0. The van der Waals surface area contributed by atoms with Crippen LogP contribution in [0, 0.1) is 5.82 Å². The first-order valence-electron chi connectivity index (χ1n) is 5.40. The SMILES string of the molecule is CCOCCC(N)Cc1ccc(F)c(Br)c1. The van der Waals surface area contributed by atoms with Crippen LogP contribution < -0.4 is 5.73 Å². The van der Waals surface area contributed by atoms with Crippen molar-refractivity contribution in [2.45, 2.75) is 25.8 Å².